The second-order valence-corrected chi connectivity index (χ2v) is 10.8. The molecule has 1 saturated heterocycles. The Balaban J connectivity index is 1.55. The van der Waals surface area contributed by atoms with Crippen molar-refractivity contribution in [3.8, 4) is 0 Å². The van der Waals surface area contributed by atoms with E-state index >= 15 is 0 Å². The summed E-state index contributed by atoms with van der Waals surface area (Å²) in [5.74, 6) is -1.23. The van der Waals surface area contributed by atoms with Gasteiger partial charge >= 0.3 is 0 Å². The summed E-state index contributed by atoms with van der Waals surface area (Å²) in [6.45, 7) is 9.15. The van der Waals surface area contributed by atoms with Crippen LogP contribution in [0.25, 0.3) is 6.08 Å². The first-order valence-corrected chi connectivity index (χ1v) is 12.6. The van der Waals surface area contributed by atoms with E-state index in [1.54, 1.807) is 6.08 Å². The number of amides is 3. The molecule has 4 rings (SSSR count). The van der Waals surface area contributed by atoms with Gasteiger partial charge in [-0.3, -0.25) is 19.3 Å². The molecule has 0 saturated carbocycles. The molecule has 184 valence electrons. The van der Waals surface area contributed by atoms with Crippen LogP contribution in [-0.2, 0) is 9.59 Å². The van der Waals surface area contributed by atoms with Crippen LogP contribution < -0.4 is 10.2 Å². The minimum Gasteiger partial charge on any atom is -0.366 e. The predicted molar refractivity (Wildman–Crippen MR) is 139 cm³/mol. The smallest absolute Gasteiger partial charge is 0.294 e. The van der Waals surface area contributed by atoms with Crippen molar-refractivity contribution in [2.45, 2.75) is 45.6 Å². The topological polar surface area (TPSA) is 69.7 Å². The molecule has 3 amide bonds. The van der Waals surface area contributed by atoms with E-state index in [0.717, 1.165) is 40.9 Å². The predicted octanol–water partition coefficient (Wildman–Crippen LogP) is 6.27. The average molecular weight is 516 g/mol. The first kappa shape index (κ1) is 25.3. The molecule has 1 unspecified atom stereocenters. The van der Waals surface area contributed by atoms with Crippen LogP contribution in [-0.4, -0.2) is 40.6 Å². The number of rotatable bonds is 5. The third kappa shape index (κ3) is 5.09. The number of nitrogens with one attached hydrogen (secondary N) is 1. The summed E-state index contributed by atoms with van der Waals surface area (Å²) in [7, 11) is 0. The van der Waals surface area contributed by atoms with Crippen molar-refractivity contribution >= 4 is 57.9 Å². The van der Waals surface area contributed by atoms with Crippen LogP contribution in [0.5, 0.6) is 0 Å². The van der Waals surface area contributed by atoms with E-state index in [2.05, 4.69) is 37.9 Å². The lowest BCUT2D eigenvalue weighted by Gasteiger charge is -2.47. The SMILES string of the molecule is CCN1c2cc(Cl)c(/C=C3/SC(=O)N(CC(=O)Nc4ccc(F)cc4)C3=O)cc2C(C)CC1(C)C. The molecule has 9 heteroatoms. The third-order valence-corrected chi connectivity index (χ3v) is 7.64. The summed E-state index contributed by atoms with van der Waals surface area (Å²) in [5, 5.41) is 2.52. The average Bonchev–Trinajstić information content (AvgIpc) is 3.03. The van der Waals surface area contributed by atoms with Gasteiger partial charge in [-0.1, -0.05) is 18.5 Å². The Morgan fingerprint density at radius 1 is 1.26 bits per heavy atom. The number of benzene rings is 2. The van der Waals surface area contributed by atoms with Crippen LogP contribution in [0.15, 0.2) is 41.3 Å². The number of nitrogens with zero attached hydrogens (tertiary/aromatic N) is 2. The Kier molecular flexibility index (Phi) is 6.97. The quantitative estimate of drug-likeness (QED) is 0.475. The van der Waals surface area contributed by atoms with Crippen LogP contribution in [0, 0.1) is 5.82 Å². The van der Waals surface area contributed by atoms with Crippen LogP contribution in [0.3, 0.4) is 0 Å². The molecule has 0 bridgehead atoms. The van der Waals surface area contributed by atoms with E-state index in [0.29, 0.717) is 22.2 Å². The van der Waals surface area contributed by atoms with Crippen molar-refractivity contribution < 1.29 is 18.8 Å². The van der Waals surface area contributed by atoms with Gasteiger partial charge in [0.25, 0.3) is 11.1 Å². The van der Waals surface area contributed by atoms with Gasteiger partial charge in [0.2, 0.25) is 5.91 Å². The zero-order valence-electron chi connectivity index (χ0n) is 20.0. The fourth-order valence-corrected chi connectivity index (χ4v) is 5.93. The van der Waals surface area contributed by atoms with Crippen LogP contribution in [0.4, 0.5) is 20.6 Å². The highest BCUT2D eigenvalue weighted by Crippen LogP contribution is 2.45. The maximum Gasteiger partial charge on any atom is 0.294 e. The summed E-state index contributed by atoms with van der Waals surface area (Å²) in [6.07, 6.45) is 2.60. The Labute approximate surface area is 213 Å². The monoisotopic (exact) mass is 515 g/mol. The number of carbonyl (C=O) groups is 3. The molecule has 2 heterocycles. The normalized spacial score (nSPS) is 20.4. The number of fused-ring (bicyclic) bond motifs is 1. The van der Waals surface area contributed by atoms with Gasteiger partial charge in [0.15, 0.2) is 0 Å². The highest BCUT2D eigenvalue weighted by atomic mass is 35.5. The molecule has 0 aromatic heterocycles. The zero-order valence-corrected chi connectivity index (χ0v) is 21.6. The van der Waals surface area contributed by atoms with Crippen LogP contribution in [0.2, 0.25) is 5.02 Å². The standard InChI is InChI=1S/C26H27ClFN3O3S/c1-5-31-21-12-20(27)16(10-19(21)15(2)13-26(31,3)4)11-22-24(33)30(25(34)35-22)14-23(32)29-18-8-6-17(28)7-9-18/h6-12,15H,5,13-14H2,1-4H3,(H,29,32)/b22-11+. The lowest BCUT2D eigenvalue weighted by molar-refractivity contribution is -0.127. The molecular formula is C26H27ClFN3O3S. The van der Waals surface area contributed by atoms with E-state index in [9.17, 15) is 18.8 Å². The molecule has 1 atom stereocenters. The summed E-state index contributed by atoms with van der Waals surface area (Å²) >= 11 is 7.41. The third-order valence-electron chi connectivity index (χ3n) is 6.41. The summed E-state index contributed by atoms with van der Waals surface area (Å²) in [6, 6.07) is 9.16. The van der Waals surface area contributed by atoms with Gasteiger partial charge in [0.05, 0.1) is 4.91 Å². The summed E-state index contributed by atoms with van der Waals surface area (Å²) < 4.78 is 13.1. The summed E-state index contributed by atoms with van der Waals surface area (Å²) in [4.78, 5) is 41.2. The fraction of sp³-hybridized carbons (Fsp3) is 0.346. The van der Waals surface area contributed by atoms with Crippen molar-refractivity contribution in [1.29, 1.82) is 0 Å². The van der Waals surface area contributed by atoms with E-state index in [1.165, 1.54) is 24.3 Å². The van der Waals surface area contributed by atoms with E-state index in [-0.39, 0.29) is 10.4 Å². The van der Waals surface area contributed by atoms with Crippen molar-refractivity contribution in [3.05, 3.63) is 63.3 Å². The lowest BCUT2D eigenvalue weighted by Crippen LogP contribution is -2.48. The van der Waals surface area contributed by atoms with Gasteiger partial charge in [-0.15, -0.1) is 0 Å². The maximum atomic E-state index is 13.1. The van der Waals surface area contributed by atoms with Gasteiger partial charge in [-0.05, 0) is 98.5 Å². The number of hydrogen-bond donors (Lipinski definition) is 1. The maximum absolute atomic E-state index is 13.1. The Hall–Kier alpha value is -2.84. The van der Waals surface area contributed by atoms with Gasteiger partial charge in [0.1, 0.15) is 12.4 Å². The minimum absolute atomic E-state index is 0.00313. The lowest BCUT2D eigenvalue weighted by atomic mass is 9.79. The fourth-order valence-electron chi connectivity index (χ4n) is 4.88. The number of imide groups is 1. The molecule has 2 aromatic rings. The second-order valence-electron chi connectivity index (χ2n) is 9.42. The van der Waals surface area contributed by atoms with Gasteiger partial charge < -0.3 is 10.2 Å². The first-order valence-electron chi connectivity index (χ1n) is 11.4. The van der Waals surface area contributed by atoms with Crippen LogP contribution >= 0.6 is 23.4 Å². The van der Waals surface area contributed by atoms with E-state index < -0.39 is 29.4 Å². The molecule has 0 spiro atoms. The molecule has 0 radical (unpaired) electrons. The molecule has 6 nitrogen and oxygen atoms in total. The van der Waals surface area contributed by atoms with Gasteiger partial charge in [0, 0.05) is 28.5 Å². The second kappa shape index (κ2) is 9.66. The molecule has 35 heavy (non-hydrogen) atoms. The number of halogens is 2. The molecule has 2 aliphatic rings. The number of carbonyl (C=O) groups excluding carboxylic acids is 3. The Morgan fingerprint density at radius 2 is 1.94 bits per heavy atom. The Morgan fingerprint density at radius 3 is 2.60 bits per heavy atom. The highest BCUT2D eigenvalue weighted by Gasteiger charge is 2.38. The number of thioether (sulfide) groups is 1. The minimum atomic E-state index is -0.553. The van der Waals surface area contributed by atoms with Crippen LogP contribution in [0.1, 0.15) is 51.2 Å². The van der Waals surface area contributed by atoms with Gasteiger partial charge in [-0.25, -0.2) is 4.39 Å². The molecule has 0 aliphatic carbocycles. The largest absolute Gasteiger partial charge is 0.366 e. The van der Waals surface area contributed by atoms with Crippen molar-refractivity contribution in [2.75, 3.05) is 23.3 Å². The van der Waals surface area contributed by atoms with Crippen molar-refractivity contribution in [1.82, 2.24) is 4.90 Å². The van der Waals surface area contributed by atoms with E-state index in [4.69, 9.17) is 11.6 Å². The zero-order chi connectivity index (χ0) is 25.5. The Bertz CT molecular complexity index is 1230. The van der Waals surface area contributed by atoms with Gasteiger partial charge in [-0.2, -0.15) is 0 Å². The molecule has 2 aromatic carbocycles. The number of anilines is 2. The molecule has 2 aliphatic heterocycles. The molecule has 1 N–H and O–H groups in total. The number of hydrogen-bond acceptors (Lipinski definition) is 5. The highest BCUT2D eigenvalue weighted by molar-refractivity contribution is 8.18. The molecule has 1 fully saturated rings. The first-order chi connectivity index (χ1) is 16.5. The van der Waals surface area contributed by atoms with Crippen molar-refractivity contribution in [3.63, 3.8) is 0 Å². The van der Waals surface area contributed by atoms with E-state index in [1.807, 2.05) is 12.1 Å². The van der Waals surface area contributed by atoms with Crippen molar-refractivity contribution in [2.24, 2.45) is 0 Å². The summed E-state index contributed by atoms with van der Waals surface area (Å²) in [5.41, 5.74) is 3.28. The molecular weight excluding hydrogens is 489 g/mol.